The fourth-order valence-electron chi connectivity index (χ4n) is 4.02. The van der Waals surface area contributed by atoms with Gasteiger partial charge in [-0.1, -0.05) is 29.3 Å². The summed E-state index contributed by atoms with van der Waals surface area (Å²) in [6.07, 6.45) is 3.88. The Balaban J connectivity index is 2.10. The van der Waals surface area contributed by atoms with Crippen molar-refractivity contribution >= 4 is 26.8 Å². The van der Waals surface area contributed by atoms with Crippen molar-refractivity contribution in [2.45, 2.75) is 52.1 Å². The first-order chi connectivity index (χ1) is 12.6. The van der Waals surface area contributed by atoms with Crippen LogP contribution in [0.25, 0.3) is 10.9 Å². The molecule has 142 valence electrons. The fourth-order valence-corrected chi connectivity index (χ4v) is 4.39. The van der Waals surface area contributed by atoms with Gasteiger partial charge in [0.05, 0.1) is 23.6 Å². The highest BCUT2D eigenvalue weighted by Crippen LogP contribution is 2.30. The molecule has 1 aliphatic rings. The van der Waals surface area contributed by atoms with Crippen LogP contribution < -0.4 is 5.56 Å². The van der Waals surface area contributed by atoms with Crippen LogP contribution in [-0.4, -0.2) is 34.2 Å². The summed E-state index contributed by atoms with van der Waals surface area (Å²) >= 11 is 3.44. The summed E-state index contributed by atoms with van der Waals surface area (Å²) in [6.45, 7) is 6.15. The van der Waals surface area contributed by atoms with E-state index in [-0.39, 0.29) is 24.2 Å². The number of rotatable bonds is 6. The molecule has 4 nitrogen and oxygen atoms in total. The van der Waals surface area contributed by atoms with Gasteiger partial charge in [-0.25, -0.2) is 4.98 Å². The van der Waals surface area contributed by atoms with Gasteiger partial charge in [-0.15, -0.1) is 0 Å². The number of aromatic nitrogens is 2. The fraction of sp³-hybridized carbons (Fsp3) is 0.600. The van der Waals surface area contributed by atoms with Crippen molar-refractivity contribution < 1.29 is 4.39 Å². The van der Waals surface area contributed by atoms with E-state index < -0.39 is 0 Å². The third kappa shape index (κ3) is 3.86. The van der Waals surface area contributed by atoms with Crippen molar-refractivity contribution in [1.82, 2.24) is 14.5 Å². The molecule has 0 amide bonds. The van der Waals surface area contributed by atoms with Crippen molar-refractivity contribution in [1.29, 1.82) is 0 Å². The van der Waals surface area contributed by atoms with E-state index in [9.17, 15) is 9.18 Å². The molecule has 3 rings (SSSR count). The van der Waals surface area contributed by atoms with E-state index >= 15 is 0 Å². The molecule has 0 unspecified atom stereocenters. The summed E-state index contributed by atoms with van der Waals surface area (Å²) in [5.41, 5.74) is 0.743. The second kappa shape index (κ2) is 8.61. The first-order valence-electron chi connectivity index (χ1n) is 9.59. The highest BCUT2D eigenvalue weighted by molar-refractivity contribution is 9.10. The Kier molecular flexibility index (Phi) is 6.46. The topological polar surface area (TPSA) is 38.1 Å². The maximum absolute atomic E-state index is 13.3. The minimum Gasteiger partial charge on any atom is -0.295 e. The SMILES string of the molecule is CCC[C@H](c1nc2ccc(Br)cc2c(=O)n1CC)N1CCC[C@H](CF)C1. The number of alkyl halides is 1. The van der Waals surface area contributed by atoms with Gasteiger partial charge in [0.1, 0.15) is 5.82 Å². The minimum atomic E-state index is -0.269. The van der Waals surface area contributed by atoms with Gasteiger partial charge >= 0.3 is 0 Å². The smallest absolute Gasteiger partial charge is 0.261 e. The van der Waals surface area contributed by atoms with Gasteiger partial charge in [0.2, 0.25) is 0 Å². The third-order valence-corrected chi connectivity index (χ3v) is 5.82. The van der Waals surface area contributed by atoms with Crippen molar-refractivity contribution in [2.24, 2.45) is 5.92 Å². The molecule has 0 aliphatic carbocycles. The molecular formula is C20H27BrFN3O. The van der Waals surface area contributed by atoms with Crippen molar-refractivity contribution in [3.8, 4) is 0 Å². The largest absolute Gasteiger partial charge is 0.295 e. The maximum atomic E-state index is 13.3. The van der Waals surface area contributed by atoms with Crippen LogP contribution in [0.3, 0.4) is 0 Å². The first-order valence-corrected chi connectivity index (χ1v) is 10.4. The van der Waals surface area contributed by atoms with Gasteiger partial charge in [0.15, 0.2) is 0 Å². The molecule has 1 aromatic heterocycles. The Morgan fingerprint density at radius 2 is 2.19 bits per heavy atom. The molecular weight excluding hydrogens is 397 g/mol. The second-order valence-corrected chi connectivity index (χ2v) is 8.06. The van der Waals surface area contributed by atoms with Gasteiger partial charge in [-0.05, 0) is 50.9 Å². The quantitative estimate of drug-likeness (QED) is 0.675. The van der Waals surface area contributed by atoms with E-state index in [4.69, 9.17) is 4.98 Å². The normalized spacial score (nSPS) is 19.8. The Morgan fingerprint density at radius 3 is 2.88 bits per heavy atom. The van der Waals surface area contributed by atoms with Crippen molar-refractivity contribution in [3.05, 3.63) is 38.9 Å². The molecule has 1 aliphatic heterocycles. The minimum absolute atomic E-state index is 0.00829. The monoisotopic (exact) mass is 423 g/mol. The lowest BCUT2D eigenvalue weighted by Gasteiger charge is -2.38. The van der Waals surface area contributed by atoms with Crippen molar-refractivity contribution in [3.63, 3.8) is 0 Å². The van der Waals surface area contributed by atoms with Gasteiger partial charge in [-0.3, -0.25) is 18.7 Å². The summed E-state index contributed by atoms with van der Waals surface area (Å²) in [6, 6.07) is 5.72. The molecule has 1 aromatic carbocycles. The third-order valence-electron chi connectivity index (χ3n) is 5.33. The summed E-state index contributed by atoms with van der Waals surface area (Å²) in [5.74, 6) is 0.926. The second-order valence-electron chi connectivity index (χ2n) is 7.14. The summed E-state index contributed by atoms with van der Waals surface area (Å²) < 4.78 is 15.9. The molecule has 0 spiro atoms. The Hall–Kier alpha value is -1.27. The lowest BCUT2D eigenvalue weighted by Crippen LogP contribution is -2.41. The van der Waals surface area contributed by atoms with Crippen LogP contribution in [0.5, 0.6) is 0 Å². The lowest BCUT2D eigenvalue weighted by molar-refractivity contribution is 0.0971. The first kappa shape index (κ1) is 19.5. The van der Waals surface area contributed by atoms with Gasteiger partial charge in [-0.2, -0.15) is 0 Å². The van der Waals surface area contributed by atoms with E-state index in [1.165, 1.54) is 0 Å². The highest BCUT2D eigenvalue weighted by Gasteiger charge is 2.29. The number of halogens is 2. The van der Waals surface area contributed by atoms with Crippen LogP contribution >= 0.6 is 15.9 Å². The standard InChI is InChI=1S/C20H27BrFN3O/c1-3-6-18(24-10-5-7-14(12-22)13-24)19-23-17-9-8-15(21)11-16(17)20(26)25(19)4-2/h8-9,11,14,18H,3-7,10,12-13H2,1-2H3/t14-,18-/m1/s1. The molecule has 6 heteroatoms. The van der Waals surface area contributed by atoms with Crippen LogP contribution in [0.1, 0.15) is 51.4 Å². The van der Waals surface area contributed by atoms with E-state index in [1.54, 1.807) is 4.57 Å². The molecule has 1 fully saturated rings. The van der Waals surface area contributed by atoms with Gasteiger partial charge in [0, 0.05) is 23.5 Å². The molecule has 1 saturated heterocycles. The Labute approximate surface area is 162 Å². The van der Waals surface area contributed by atoms with Crippen LogP contribution in [0.15, 0.2) is 27.5 Å². The number of benzene rings is 1. The molecule has 0 saturated carbocycles. The average Bonchev–Trinajstić information content (AvgIpc) is 2.66. The average molecular weight is 424 g/mol. The van der Waals surface area contributed by atoms with Gasteiger partial charge < -0.3 is 0 Å². The molecule has 0 N–H and O–H groups in total. The van der Waals surface area contributed by atoms with Gasteiger partial charge in [0.25, 0.3) is 5.56 Å². The number of nitrogens with zero attached hydrogens (tertiary/aromatic N) is 3. The predicted octanol–water partition coefficient (Wildman–Crippen LogP) is 4.70. The number of piperidine rings is 1. The van der Waals surface area contributed by atoms with E-state index in [0.29, 0.717) is 11.9 Å². The number of hydrogen-bond donors (Lipinski definition) is 0. The van der Waals surface area contributed by atoms with Crippen molar-refractivity contribution in [2.75, 3.05) is 19.8 Å². The molecule has 2 aromatic rings. The Bertz CT molecular complexity index is 823. The van der Waals surface area contributed by atoms with E-state index in [2.05, 4.69) is 27.8 Å². The summed E-state index contributed by atoms with van der Waals surface area (Å²) in [7, 11) is 0. The number of hydrogen-bond acceptors (Lipinski definition) is 3. The summed E-state index contributed by atoms with van der Waals surface area (Å²) in [4.78, 5) is 20.3. The predicted molar refractivity (Wildman–Crippen MR) is 107 cm³/mol. The highest BCUT2D eigenvalue weighted by atomic mass is 79.9. The molecule has 0 radical (unpaired) electrons. The molecule has 26 heavy (non-hydrogen) atoms. The number of fused-ring (bicyclic) bond motifs is 1. The zero-order valence-corrected chi connectivity index (χ0v) is 17.1. The zero-order chi connectivity index (χ0) is 18.7. The van der Waals surface area contributed by atoms with Crippen LogP contribution in [0.4, 0.5) is 4.39 Å². The maximum Gasteiger partial charge on any atom is 0.261 e. The molecule has 2 heterocycles. The molecule has 2 atom stereocenters. The lowest BCUT2D eigenvalue weighted by atomic mass is 9.96. The summed E-state index contributed by atoms with van der Waals surface area (Å²) in [5, 5.41) is 0.639. The number of likely N-dealkylation sites (tertiary alicyclic amines) is 1. The van der Waals surface area contributed by atoms with E-state index in [0.717, 1.165) is 54.6 Å². The van der Waals surface area contributed by atoms with Crippen LogP contribution in [0, 0.1) is 5.92 Å². The van der Waals surface area contributed by atoms with Crippen LogP contribution in [0.2, 0.25) is 0 Å². The van der Waals surface area contributed by atoms with Crippen LogP contribution in [-0.2, 0) is 6.54 Å². The van der Waals surface area contributed by atoms with E-state index in [1.807, 2.05) is 25.1 Å². The Morgan fingerprint density at radius 1 is 1.38 bits per heavy atom. The molecule has 0 bridgehead atoms. The zero-order valence-electron chi connectivity index (χ0n) is 15.5.